The number of hydrogen-bond acceptors (Lipinski definition) is 5. The zero-order valence-corrected chi connectivity index (χ0v) is 14.5. The van der Waals surface area contributed by atoms with Crippen LogP contribution in [0.4, 0.5) is 0 Å². The average molecular weight is 338 g/mol. The summed E-state index contributed by atoms with van der Waals surface area (Å²) in [5, 5.41) is 0. The van der Waals surface area contributed by atoms with Gasteiger partial charge in [0.15, 0.2) is 11.6 Å². The monoisotopic (exact) mass is 338 g/mol. The van der Waals surface area contributed by atoms with Crippen LogP contribution in [0.25, 0.3) is 5.57 Å². The molecule has 5 nitrogen and oxygen atoms in total. The van der Waals surface area contributed by atoms with Crippen LogP contribution < -0.4 is 14.2 Å². The van der Waals surface area contributed by atoms with Gasteiger partial charge in [-0.15, -0.1) is 0 Å². The summed E-state index contributed by atoms with van der Waals surface area (Å²) in [6, 6.07) is 10.6. The molecule has 0 N–H and O–H groups in total. The lowest BCUT2D eigenvalue weighted by Crippen LogP contribution is -2.13. The number of rotatable bonds is 4. The lowest BCUT2D eigenvalue weighted by atomic mass is 9.87. The highest BCUT2D eigenvalue weighted by Gasteiger charge is 2.29. The van der Waals surface area contributed by atoms with Crippen LogP contribution in [0.5, 0.6) is 23.0 Å². The molecule has 1 aliphatic heterocycles. The largest absolute Gasteiger partial charge is 0.497 e. The van der Waals surface area contributed by atoms with Crippen LogP contribution in [-0.2, 0) is 9.59 Å². The molecule has 0 fully saturated rings. The lowest BCUT2D eigenvalue weighted by Gasteiger charge is -2.25. The number of methoxy groups -OCH3 is 2. The Bertz CT molecular complexity index is 837. The summed E-state index contributed by atoms with van der Waals surface area (Å²) in [6.07, 6.45) is 0. The van der Waals surface area contributed by atoms with E-state index in [-0.39, 0.29) is 17.1 Å². The molecule has 0 bridgehead atoms. The molecule has 128 valence electrons. The fourth-order valence-electron chi connectivity index (χ4n) is 2.97. The van der Waals surface area contributed by atoms with E-state index in [1.165, 1.54) is 13.8 Å². The fraction of sp³-hybridized carbons (Fsp3) is 0.200. The number of benzene rings is 2. The number of carbonyl (C=O) groups excluding carboxylic acids is 2. The predicted molar refractivity (Wildman–Crippen MR) is 93.4 cm³/mol. The van der Waals surface area contributed by atoms with Gasteiger partial charge in [-0.05, 0) is 38.1 Å². The van der Waals surface area contributed by atoms with E-state index in [1.807, 2.05) is 0 Å². The molecular weight excluding hydrogens is 320 g/mol. The van der Waals surface area contributed by atoms with Gasteiger partial charge >= 0.3 is 0 Å². The number of Topliss-reactive ketones (excluding diaryl/α,β-unsaturated/α-hetero) is 2. The van der Waals surface area contributed by atoms with E-state index in [2.05, 4.69) is 0 Å². The molecule has 1 aliphatic rings. The van der Waals surface area contributed by atoms with Crippen molar-refractivity contribution in [2.75, 3.05) is 14.2 Å². The van der Waals surface area contributed by atoms with Crippen molar-refractivity contribution in [1.82, 2.24) is 0 Å². The van der Waals surface area contributed by atoms with Crippen LogP contribution in [0, 0.1) is 0 Å². The quantitative estimate of drug-likeness (QED) is 0.411. The number of carbonyl (C=O) groups is 2. The van der Waals surface area contributed by atoms with Gasteiger partial charge in [-0.2, -0.15) is 0 Å². The lowest BCUT2D eigenvalue weighted by molar-refractivity contribution is -0.119. The Morgan fingerprint density at radius 1 is 0.800 bits per heavy atom. The molecule has 0 unspecified atom stereocenters. The third-order valence-corrected chi connectivity index (χ3v) is 4.09. The van der Waals surface area contributed by atoms with Crippen LogP contribution in [0.15, 0.2) is 42.0 Å². The smallest absolute Gasteiger partial charge is 0.164 e. The van der Waals surface area contributed by atoms with Crippen molar-refractivity contribution in [2.24, 2.45) is 0 Å². The van der Waals surface area contributed by atoms with Gasteiger partial charge in [0.25, 0.3) is 0 Å². The van der Waals surface area contributed by atoms with Gasteiger partial charge in [-0.25, -0.2) is 0 Å². The Morgan fingerprint density at radius 3 is 1.60 bits per heavy atom. The second-order valence-electron chi connectivity index (χ2n) is 5.69. The normalized spacial score (nSPS) is 11.8. The zero-order valence-electron chi connectivity index (χ0n) is 14.5. The molecule has 3 rings (SSSR count). The van der Waals surface area contributed by atoms with E-state index < -0.39 is 0 Å². The van der Waals surface area contributed by atoms with Gasteiger partial charge in [-0.3, -0.25) is 9.59 Å². The van der Waals surface area contributed by atoms with Gasteiger partial charge in [0, 0.05) is 28.8 Å². The molecule has 0 aliphatic carbocycles. The third-order valence-electron chi connectivity index (χ3n) is 4.09. The Kier molecular flexibility index (Phi) is 4.31. The molecule has 0 saturated carbocycles. The van der Waals surface area contributed by atoms with E-state index >= 15 is 0 Å². The standard InChI is InChI=1S/C20H18O5/c1-11(21)19(12(2)22)20-15-7-5-13(23-3)9-17(15)25-18-10-14(24-4)6-8-16(18)20/h5-10H,1-4H3. The summed E-state index contributed by atoms with van der Waals surface area (Å²) in [6.45, 7) is 2.79. The molecule has 5 heteroatoms. The minimum atomic E-state index is -0.284. The van der Waals surface area contributed by atoms with E-state index in [9.17, 15) is 9.59 Å². The Morgan fingerprint density at radius 2 is 1.24 bits per heavy atom. The fourth-order valence-corrected chi connectivity index (χ4v) is 2.97. The number of ketones is 2. The summed E-state index contributed by atoms with van der Waals surface area (Å²) in [5.41, 5.74) is 2.08. The highest BCUT2D eigenvalue weighted by molar-refractivity contribution is 6.26. The first-order chi connectivity index (χ1) is 12.0. The first-order valence-electron chi connectivity index (χ1n) is 7.77. The van der Waals surface area contributed by atoms with Crippen molar-refractivity contribution in [2.45, 2.75) is 13.8 Å². The predicted octanol–water partition coefficient (Wildman–Crippen LogP) is 3.79. The SMILES string of the molecule is COc1ccc2c(c1)Oc1cc(OC)ccc1C2=C(C(C)=O)C(C)=O. The summed E-state index contributed by atoms with van der Waals surface area (Å²) >= 11 is 0. The Hall–Kier alpha value is -3.08. The van der Waals surface area contributed by atoms with E-state index in [0.29, 0.717) is 39.7 Å². The van der Waals surface area contributed by atoms with Crippen molar-refractivity contribution in [3.05, 3.63) is 53.1 Å². The van der Waals surface area contributed by atoms with E-state index in [1.54, 1.807) is 50.6 Å². The van der Waals surface area contributed by atoms with Crippen molar-refractivity contribution in [3.8, 4) is 23.0 Å². The molecule has 0 saturated heterocycles. The van der Waals surface area contributed by atoms with Crippen molar-refractivity contribution in [1.29, 1.82) is 0 Å². The molecule has 1 heterocycles. The zero-order chi connectivity index (χ0) is 18.1. The highest BCUT2D eigenvalue weighted by Crippen LogP contribution is 2.47. The molecule has 2 aromatic carbocycles. The maximum absolute atomic E-state index is 12.2. The summed E-state index contributed by atoms with van der Waals surface area (Å²) in [7, 11) is 3.13. The molecular formula is C20H18O5. The Labute approximate surface area is 145 Å². The number of fused-ring (bicyclic) bond motifs is 2. The average Bonchev–Trinajstić information content (AvgIpc) is 2.59. The maximum atomic E-state index is 12.2. The van der Waals surface area contributed by atoms with Crippen molar-refractivity contribution < 1.29 is 23.8 Å². The minimum absolute atomic E-state index is 0.154. The van der Waals surface area contributed by atoms with Crippen LogP contribution in [0.2, 0.25) is 0 Å². The molecule has 0 spiro atoms. The van der Waals surface area contributed by atoms with Gasteiger partial charge in [0.05, 0.1) is 19.8 Å². The van der Waals surface area contributed by atoms with Gasteiger partial charge in [-0.1, -0.05) is 0 Å². The second-order valence-corrected chi connectivity index (χ2v) is 5.69. The van der Waals surface area contributed by atoms with Gasteiger partial charge in [0.1, 0.15) is 23.0 Å². The molecule has 0 radical (unpaired) electrons. The molecule has 0 amide bonds. The number of hydrogen-bond donors (Lipinski definition) is 0. The van der Waals surface area contributed by atoms with Gasteiger partial charge in [0.2, 0.25) is 0 Å². The first-order valence-corrected chi connectivity index (χ1v) is 7.77. The summed E-state index contributed by atoms with van der Waals surface area (Å²) < 4.78 is 16.5. The topological polar surface area (TPSA) is 61.8 Å². The summed E-state index contributed by atoms with van der Waals surface area (Å²) in [4.78, 5) is 24.4. The number of allylic oxidation sites excluding steroid dienone is 1. The van der Waals surface area contributed by atoms with Crippen LogP contribution in [0.1, 0.15) is 25.0 Å². The van der Waals surface area contributed by atoms with Crippen molar-refractivity contribution >= 4 is 17.1 Å². The van der Waals surface area contributed by atoms with E-state index in [0.717, 1.165) is 0 Å². The van der Waals surface area contributed by atoms with Crippen LogP contribution in [-0.4, -0.2) is 25.8 Å². The Balaban J connectivity index is 2.36. The van der Waals surface area contributed by atoms with Gasteiger partial charge < -0.3 is 14.2 Å². The van der Waals surface area contributed by atoms with Crippen molar-refractivity contribution in [3.63, 3.8) is 0 Å². The molecule has 25 heavy (non-hydrogen) atoms. The number of ether oxygens (including phenoxy) is 3. The first kappa shape index (κ1) is 16.8. The van der Waals surface area contributed by atoms with Crippen LogP contribution >= 0.6 is 0 Å². The third kappa shape index (κ3) is 2.89. The van der Waals surface area contributed by atoms with E-state index in [4.69, 9.17) is 14.2 Å². The minimum Gasteiger partial charge on any atom is -0.497 e. The highest BCUT2D eigenvalue weighted by atomic mass is 16.5. The molecule has 0 atom stereocenters. The molecule has 0 aromatic heterocycles. The summed E-state index contributed by atoms with van der Waals surface area (Å²) in [5.74, 6) is 1.72. The second kappa shape index (κ2) is 6.43. The molecule has 2 aromatic rings. The van der Waals surface area contributed by atoms with Crippen LogP contribution in [0.3, 0.4) is 0 Å². The maximum Gasteiger partial charge on any atom is 0.164 e.